The number of hydrogen-bond acceptors (Lipinski definition) is 1. The summed E-state index contributed by atoms with van der Waals surface area (Å²) in [6.07, 6.45) is 2.45. The monoisotopic (exact) mass is 238 g/mol. The molecule has 0 heterocycles. The van der Waals surface area contributed by atoms with Crippen LogP contribution in [-0.4, -0.2) is 12.5 Å². The van der Waals surface area contributed by atoms with Crippen LogP contribution in [-0.2, 0) is 0 Å². The minimum atomic E-state index is -0.356. The molecular formula is C13H12ClFO. The van der Waals surface area contributed by atoms with E-state index >= 15 is 0 Å². The van der Waals surface area contributed by atoms with Gasteiger partial charge < -0.3 is 4.74 Å². The molecule has 1 saturated carbocycles. The lowest BCUT2D eigenvalue weighted by molar-refractivity contribution is 0.298. The number of rotatable bonds is 3. The Morgan fingerprint density at radius 1 is 1.44 bits per heavy atom. The van der Waals surface area contributed by atoms with Crippen LogP contribution >= 0.6 is 11.6 Å². The van der Waals surface area contributed by atoms with Crippen LogP contribution < -0.4 is 4.74 Å². The first kappa shape index (κ1) is 11.3. The highest BCUT2D eigenvalue weighted by Gasteiger charge is 2.21. The minimum Gasteiger partial charge on any atom is -0.493 e. The SMILES string of the molecule is Fc1cc(OCC2CC2)ccc1C#CCCl. The van der Waals surface area contributed by atoms with Crippen molar-refractivity contribution in [3.63, 3.8) is 0 Å². The van der Waals surface area contributed by atoms with Crippen LogP contribution in [0.1, 0.15) is 18.4 Å². The first-order valence-electron chi connectivity index (χ1n) is 5.27. The predicted molar refractivity (Wildman–Crippen MR) is 62.2 cm³/mol. The normalized spacial score (nSPS) is 14.1. The van der Waals surface area contributed by atoms with Crippen molar-refractivity contribution in [2.24, 2.45) is 5.92 Å². The second-order valence-electron chi connectivity index (χ2n) is 3.83. The molecule has 3 heteroatoms. The Labute approximate surface area is 99.6 Å². The van der Waals surface area contributed by atoms with Gasteiger partial charge in [0.2, 0.25) is 0 Å². The van der Waals surface area contributed by atoms with Gasteiger partial charge in [0.15, 0.2) is 0 Å². The Morgan fingerprint density at radius 2 is 2.25 bits per heavy atom. The fourth-order valence-electron chi connectivity index (χ4n) is 1.31. The minimum absolute atomic E-state index is 0.208. The van der Waals surface area contributed by atoms with Crippen molar-refractivity contribution in [2.45, 2.75) is 12.8 Å². The Bertz CT molecular complexity index is 429. The smallest absolute Gasteiger partial charge is 0.142 e. The molecule has 1 aliphatic rings. The Hall–Kier alpha value is -1.20. The molecule has 84 valence electrons. The number of benzene rings is 1. The van der Waals surface area contributed by atoms with Gasteiger partial charge in [-0.1, -0.05) is 11.8 Å². The van der Waals surface area contributed by atoms with E-state index in [0.717, 1.165) is 0 Å². The van der Waals surface area contributed by atoms with Gasteiger partial charge in [0.25, 0.3) is 0 Å². The summed E-state index contributed by atoms with van der Waals surface area (Å²) >= 11 is 5.41. The van der Waals surface area contributed by atoms with Crippen LogP contribution in [0.25, 0.3) is 0 Å². The van der Waals surface area contributed by atoms with Crippen LogP contribution in [0.3, 0.4) is 0 Å². The molecule has 0 amide bonds. The van der Waals surface area contributed by atoms with Crippen molar-refractivity contribution in [1.82, 2.24) is 0 Å². The Kier molecular flexibility index (Phi) is 3.69. The van der Waals surface area contributed by atoms with E-state index in [1.807, 2.05) is 0 Å². The lowest BCUT2D eigenvalue weighted by Crippen LogP contribution is -1.99. The van der Waals surface area contributed by atoms with Gasteiger partial charge in [-0.05, 0) is 30.9 Å². The topological polar surface area (TPSA) is 9.23 Å². The fraction of sp³-hybridized carbons (Fsp3) is 0.385. The molecule has 0 spiro atoms. The van der Waals surface area contributed by atoms with E-state index in [2.05, 4.69) is 11.8 Å². The van der Waals surface area contributed by atoms with Crippen LogP contribution in [0.15, 0.2) is 18.2 Å². The highest BCUT2D eigenvalue weighted by molar-refractivity contribution is 6.19. The summed E-state index contributed by atoms with van der Waals surface area (Å²) in [5.74, 6) is 6.36. The van der Waals surface area contributed by atoms with Crippen molar-refractivity contribution in [3.8, 4) is 17.6 Å². The third-order valence-corrected chi connectivity index (χ3v) is 2.55. The van der Waals surface area contributed by atoms with Crippen LogP contribution in [0.5, 0.6) is 5.75 Å². The standard InChI is InChI=1S/C13H12ClFO/c14-7-1-2-11-5-6-12(8-13(11)15)16-9-10-3-4-10/h5-6,8,10H,3-4,7,9H2. The summed E-state index contributed by atoms with van der Waals surface area (Å²) in [6, 6.07) is 4.74. The molecule has 0 bridgehead atoms. The summed E-state index contributed by atoms with van der Waals surface area (Å²) in [7, 11) is 0. The summed E-state index contributed by atoms with van der Waals surface area (Å²) < 4.78 is 18.9. The van der Waals surface area contributed by atoms with Crippen molar-refractivity contribution in [3.05, 3.63) is 29.6 Å². The van der Waals surface area contributed by atoms with Gasteiger partial charge in [-0.2, -0.15) is 0 Å². The number of hydrogen-bond donors (Lipinski definition) is 0. The molecular weight excluding hydrogens is 227 g/mol. The maximum absolute atomic E-state index is 13.5. The number of ether oxygens (including phenoxy) is 1. The van der Waals surface area contributed by atoms with Gasteiger partial charge >= 0.3 is 0 Å². The summed E-state index contributed by atoms with van der Waals surface area (Å²) in [4.78, 5) is 0. The molecule has 0 aromatic heterocycles. The second kappa shape index (κ2) is 5.23. The van der Waals surface area contributed by atoms with E-state index in [1.165, 1.54) is 18.9 Å². The van der Waals surface area contributed by atoms with E-state index in [0.29, 0.717) is 23.8 Å². The average molecular weight is 239 g/mol. The molecule has 0 radical (unpaired) electrons. The van der Waals surface area contributed by atoms with E-state index in [4.69, 9.17) is 16.3 Å². The summed E-state index contributed by atoms with van der Waals surface area (Å²) in [6.45, 7) is 0.687. The zero-order valence-corrected chi connectivity index (χ0v) is 9.56. The first-order chi connectivity index (χ1) is 7.79. The van der Waals surface area contributed by atoms with Crippen LogP contribution in [0.2, 0.25) is 0 Å². The average Bonchev–Trinajstić information content (AvgIpc) is 3.09. The zero-order valence-electron chi connectivity index (χ0n) is 8.80. The molecule has 1 fully saturated rings. The summed E-state index contributed by atoms with van der Waals surface area (Å²) in [5, 5.41) is 0. The molecule has 2 rings (SSSR count). The molecule has 0 N–H and O–H groups in total. The Morgan fingerprint density at radius 3 is 2.88 bits per heavy atom. The lowest BCUT2D eigenvalue weighted by atomic mass is 10.2. The van der Waals surface area contributed by atoms with Gasteiger partial charge in [0.05, 0.1) is 18.1 Å². The lowest BCUT2D eigenvalue weighted by Gasteiger charge is -2.05. The van der Waals surface area contributed by atoms with E-state index in [-0.39, 0.29) is 11.7 Å². The molecule has 16 heavy (non-hydrogen) atoms. The first-order valence-corrected chi connectivity index (χ1v) is 5.80. The van der Waals surface area contributed by atoms with E-state index < -0.39 is 0 Å². The van der Waals surface area contributed by atoms with Gasteiger partial charge in [-0.25, -0.2) is 4.39 Å². The third-order valence-electron chi connectivity index (χ3n) is 2.41. The van der Waals surface area contributed by atoms with Gasteiger partial charge in [0.1, 0.15) is 11.6 Å². The van der Waals surface area contributed by atoms with Crippen LogP contribution in [0.4, 0.5) is 4.39 Å². The second-order valence-corrected chi connectivity index (χ2v) is 4.10. The summed E-state index contributed by atoms with van der Waals surface area (Å²) in [5.41, 5.74) is 0.361. The quantitative estimate of drug-likeness (QED) is 0.581. The number of alkyl halides is 1. The van der Waals surface area contributed by atoms with Gasteiger partial charge in [0, 0.05) is 6.07 Å². The van der Waals surface area contributed by atoms with Gasteiger partial charge in [-0.3, -0.25) is 0 Å². The molecule has 1 aromatic rings. The van der Waals surface area contributed by atoms with E-state index in [9.17, 15) is 4.39 Å². The maximum Gasteiger partial charge on any atom is 0.142 e. The van der Waals surface area contributed by atoms with Crippen molar-refractivity contribution in [2.75, 3.05) is 12.5 Å². The fourth-order valence-corrected chi connectivity index (χ4v) is 1.38. The highest BCUT2D eigenvalue weighted by atomic mass is 35.5. The molecule has 0 aliphatic heterocycles. The van der Waals surface area contributed by atoms with E-state index in [1.54, 1.807) is 12.1 Å². The molecule has 1 nitrogen and oxygen atoms in total. The van der Waals surface area contributed by atoms with Crippen molar-refractivity contribution < 1.29 is 9.13 Å². The van der Waals surface area contributed by atoms with Crippen LogP contribution in [0, 0.1) is 23.6 Å². The van der Waals surface area contributed by atoms with Gasteiger partial charge in [-0.15, -0.1) is 11.6 Å². The zero-order chi connectivity index (χ0) is 11.4. The van der Waals surface area contributed by atoms with Crippen molar-refractivity contribution in [1.29, 1.82) is 0 Å². The van der Waals surface area contributed by atoms with Crippen molar-refractivity contribution >= 4 is 11.6 Å². The largest absolute Gasteiger partial charge is 0.493 e. The Balaban J connectivity index is 2.02. The molecule has 1 aromatic carbocycles. The third kappa shape index (κ3) is 3.15. The maximum atomic E-state index is 13.5. The molecule has 0 saturated heterocycles. The highest BCUT2D eigenvalue weighted by Crippen LogP contribution is 2.29. The molecule has 0 atom stereocenters. The predicted octanol–water partition coefficient (Wildman–Crippen LogP) is 3.20. The molecule has 1 aliphatic carbocycles. The molecule has 0 unspecified atom stereocenters. The number of halogens is 2.